The molecule has 6 aromatic carbocycles. The molecule has 0 atom stereocenters. The lowest BCUT2D eigenvalue weighted by atomic mass is 9.98. The molecule has 6 aromatic rings. The van der Waals surface area contributed by atoms with E-state index < -0.39 is 0 Å². The van der Waals surface area contributed by atoms with Crippen LogP contribution in [0.2, 0.25) is 0 Å². The summed E-state index contributed by atoms with van der Waals surface area (Å²) in [6.45, 7) is 15.2. The van der Waals surface area contributed by atoms with Crippen LogP contribution < -0.4 is 0 Å². The molecule has 0 saturated heterocycles. The highest BCUT2D eigenvalue weighted by Gasteiger charge is 2.03. The van der Waals surface area contributed by atoms with Crippen molar-refractivity contribution in [2.24, 2.45) is 0 Å². The van der Waals surface area contributed by atoms with E-state index >= 15 is 0 Å². The second-order valence-corrected chi connectivity index (χ2v) is 10.5. The van der Waals surface area contributed by atoms with E-state index in [0.717, 1.165) is 22.3 Å². The maximum absolute atomic E-state index is 3.83. The first-order valence-corrected chi connectivity index (χ1v) is 14.7. The van der Waals surface area contributed by atoms with E-state index in [1.165, 1.54) is 44.5 Å². The Morgan fingerprint density at radius 1 is 0.250 bits per heavy atom. The summed E-state index contributed by atoms with van der Waals surface area (Å²) in [4.78, 5) is 0. The topological polar surface area (TPSA) is 0 Å². The van der Waals surface area contributed by atoms with E-state index in [9.17, 15) is 0 Å². The van der Waals surface area contributed by atoms with Crippen LogP contribution in [0.4, 0.5) is 0 Å². The van der Waals surface area contributed by atoms with Gasteiger partial charge in [0, 0.05) is 0 Å². The molecule has 44 heavy (non-hydrogen) atoms. The minimum Gasteiger partial charge on any atom is -0.0985 e. The Kier molecular flexibility index (Phi) is 9.77. The molecular formula is C44H36. The van der Waals surface area contributed by atoms with Crippen LogP contribution in [0.1, 0.15) is 22.3 Å². The SMILES string of the molecule is C=Cc1ccc(-c2ccc(-c3ccc(C=C)cc3)cc2)cc1.C=Cc1cccc(-c2ccc(-c3cccc(C=C)c3)cc2)c1. The molecule has 0 nitrogen and oxygen atoms in total. The lowest BCUT2D eigenvalue weighted by Crippen LogP contribution is -1.82. The number of hydrogen-bond donors (Lipinski definition) is 0. The first kappa shape index (κ1) is 29.8. The summed E-state index contributed by atoms with van der Waals surface area (Å²) < 4.78 is 0. The van der Waals surface area contributed by atoms with Gasteiger partial charge in [0.25, 0.3) is 0 Å². The predicted octanol–water partition coefficient (Wildman–Crippen LogP) is 12.6. The average Bonchev–Trinajstić information content (AvgIpc) is 3.12. The molecule has 0 N–H and O–H groups in total. The van der Waals surface area contributed by atoms with Crippen molar-refractivity contribution >= 4 is 24.3 Å². The van der Waals surface area contributed by atoms with Crippen molar-refractivity contribution in [2.75, 3.05) is 0 Å². The molecule has 0 saturated carbocycles. The third-order valence-electron chi connectivity index (χ3n) is 7.64. The average molecular weight is 565 g/mol. The highest BCUT2D eigenvalue weighted by atomic mass is 14.1. The van der Waals surface area contributed by atoms with Crippen LogP contribution in [-0.4, -0.2) is 0 Å². The molecule has 0 unspecified atom stereocenters. The fraction of sp³-hybridized carbons (Fsp3) is 0. The molecule has 0 amide bonds. The summed E-state index contributed by atoms with van der Waals surface area (Å²) >= 11 is 0. The van der Waals surface area contributed by atoms with E-state index in [1.807, 2.05) is 24.3 Å². The van der Waals surface area contributed by atoms with Gasteiger partial charge in [-0.15, -0.1) is 0 Å². The van der Waals surface area contributed by atoms with Crippen LogP contribution in [0.25, 0.3) is 68.8 Å². The highest BCUT2D eigenvalue weighted by Crippen LogP contribution is 2.27. The zero-order valence-corrected chi connectivity index (χ0v) is 25.0. The maximum atomic E-state index is 3.83. The lowest BCUT2D eigenvalue weighted by Gasteiger charge is -2.06. The van der Waals surface area contributed by atoms with Gasteiger partial charge in [-0.05, 0) is 78.9 Å². The van der Waals surface area contributed by atoms with Crippen LogP contribution in [0.15, 0.2) is 172 Å². The molecular weight excluding hydrogens is 528 g/mol. The van der Waals surface area contributed by atoms with Gasteiger partial charge < -0.3 is 0 Å². The minimum atomic E-state index is 1.14. The summed E-state index contributed by atoms with van der Waals surface area (Å²) in [5.41, 5.74) is 14.3. The molecule has 0 aromatic heterocycles. The third-order valence-corrected chi connectivity index (χ3v) is 7.64. The molecule has 0 fully saturated rings. The second kappa shape index (κ2) is 14.4. The molecule has 0 aliphatic carbocycles. The van der Waals surface area contributed by atoms with Gasteiger partial charge in [-0.3, -0.25) is 0 Å². The van der Waals surface area contributed by atoms with Crippen LogP contribution >= 0.6 is 0 Å². The molecule has 0 aliphatic rings. The maximum Gasteiger partial charge on any atom is -0.0178 e. The van der Waals surface area contributed by atoms with Gasteiger partial charge in [-0.2, -0.15) is 0 Å². The largest absolute Gasteiger partial charge is 0.0985 e. The predicted molar refractivity (Wildman–Crippen MR) is 195 cm³/mol. The van der Waals surface area contributed by atoms with E-state index in [4.69, 9.17) is 0 Å². The first-order valence-electron chi connectivity index (χ1n) is 14.7. The standard InChI is InChI=1S/2C22H18/c1-3-17-5-9-19(10-6-17)21-13-15-22(16-14-21)20-11-7-18(4-2)8-12-20;1-3-17-7-5-9-21(15-17)19-11-13-20(14-12-19)22-10-6-8-18(4-2)16-22/h2*3-16H,1-2H2. The molecule has 0 heteroatoms. The van der Waals surface area contributed by atoms with Crippen molar-refractivity contribution < 1.29 is 0 Å². The Hall–Kier alpha value is -5.72. The summed E-state index contributed by atoms with van der Waals surface area (Å²) in [6.07, 6.45) is 7.47. The van der Waals surface area contributed by atoms with Crippen molar-refractivity contribution in [3.05, 3.63) is 194 Å². The van der Waals surface area contributed by atoms with Gasteiger partial charge in [0.1, 0.15) is 0 Å². The smallest absolute Gasteiger partial charge is 0.0178 e. The number of hydrogen-bond acceptors (Lipinski definition) is 0. The van der Waals surface area contributed by atoms with Crippen molar-refractivity contribution in [3.63, 3.8) is 0 Å². The van der Waals surface area contributed by atoms with Crippen molar-refractivity contribution in [3.8, 4) is 44.5 Å². The molecule has 212 valence electrons. The number of benzene rings is 6. The van der Waals surface area contributed by atoms with Crippen LogP contribution in [0.3, 0.4) is 0 Å². The van der Waals surface area contributed by atoms with Crippen molar-refractivity contribution in [2.45, 2.75) is 0 Å². The molecule has 0 radical (unpaired) electrons. The summed E-state index contributed by atoms with van der Waals surface area (Å²) in [6, 6.07) is 51.0. The van der Waals surface area contributed by atoms with Crippen molar-refractivity contribution in [1.29, 1.82) is 0 Å². The van der Waals surface area contributed by atoms with E-state index in [2.05, 4.69) is 172 Å². The van der Waals surface area contributed by atoms with E-state index in [1.54, 1.807) is 0 Å². The fourth-order valence-corrected chi connectivity index (χ4v) is 5.02. The lowest BCUT2D eigenvalue weighted by molar-refractivity contribution is 1.57. The fourth-order valence-electron chi connectivity index (χ4n) is 5.02. The van der Waals surface area contributed by atoms with Gasteiger partial charge >= 0.3 is 0 Å². The zero-order chi connectivity index (χ0) is 30.7. The van der Waals surface area contributed by atoms with E-state index in [-0.39, 0.29) is 0 Å². The summed E-state index contributed by atoms with van der Waals surface area (Å²) in [7, 11) is 0. The summed E-state index contributed by atoms with van der Waals surface area (Å²) in [5, 5.41) is 0. The Balaban J connectivity index is 0.000000175. The molecule has 0 spiro atoms. The van der Waals surface area contributed by atoms with Crippen LogP contribution in [0, 0.1) is 0 Å². The Morgan fingerprint density at radius 3 is 0.773 bits per heavy atom. The highest BCUT2D eigenvalue weighted by molar-refractivity contribution is 5.74. The van der Waals surface area contributed by atoms with Gasteiger partial charge in [0.15, 0.2) is 0 Å². The molecule has 0 aliphatic heterocycles. The van der Waals surface area contributed by atoms with Gasteiger partial charge in [-0.1, -0.05) is 184 Å². The molecule has 6 rings (SSSR count). The van der Waals surface area contributed by atoms with E-state index in [0.29, 0.717) is 0 Å². The summed E-state index contributed by atoms with van der Waals surface area (Å²) in [5.74, 6) is 0. The Bertz CT molecular complexity index is 1720. The molecule has 0 heterocycles. The van der Waals surface area contributed by atoms with Gasteiger partial charge in [0.05, 0.1) is 0 Å². The number of rotatable bonds is 8. The monoisotopic (exact) mass is 564 g/mol. The Labute approximate surface area is 262 Å². The normalized spacial score (nSPS) is 10.2. The van der Waals surface area contributed by atoms with Gasteiger partial charge in [-0.25, -0.2) is 0 Å². The van der Waals surface area contributed by atoms with Crippen LogP contribution in [0.5, 0.6) is 0 Å². The van der Waals surface area contributed by atoms with Crippen molar-refractivity contribution in [1.82, 2.24) is 0 Å². The quantitative estimate of drug-likeness (QED) is 0.172. The Morgan fingerprint density at radius 2 is 0.500 bits per heavy atom. The minimum absolute atomic E-state index is 1.14. The van der Waals surface area contributed by atoms with Gasteiger partial charge in [0.2, 0.25) is 0 Å². The first-order chi connectivity index (χ1) is 21.6. The third kappa shape index (κ3) is 7.37. The zero-order valence-electron chi connectivity index (χ0n) is 25.0. The molecule has 0 bridgehead atoms. The second-order valence-electron chi connectivity index (χ2n) is 10.5. The van der Waals surface area contributed by atoms with Crippen LogP contribution in [-0.2, 0) is 0 Å².